The van der Waals surface area contributed by atoms with Crippen molar-refractivity contribution in [1.82, 2.24) is 4.90 Å². The van der Waals surface area contributed by atoms with Crippen LogP contribution in [0.3, 0.4) is 0 Å². The molecule has 5 saturated carbocycles. The summed E-state index contributed by atoms with van der Waals surface area (Å²) in [4.78, 5) is 2.57. The summed E-state index contributed by atoms with van der Waals surface area (Å²) >= 11 is 0. The first-order chi connectivity index (χ1) is 13.9. The van der Waals surface area contributed by atoms with Gasteiger partial charge in [-0.05, 0) is 44.1 Å². The number of ether oxygens (including phenoxy) is 2. The second kappa shape index (κ2) is 5.96. The van der Waals surface area contributed by atoms with Gasteiger partial charge in [0.15, 0.2) is 0 Å². The third kappa shape index (κ3) is 1.89. The van der Waals surface area contributed by atoms with Gasteiger partial charge in [0.2, 0.25) is 0 Å². The second-order valence-electron chi connectivity index (χ2n) is 11.2. The smallest absolute Gasteiger partial charge is 0.0771 e. The monoisotopic (exact) mass is 407 g/mol. The van der Waals surface area contributed by atoms with Gasteiger partial charge in [-0.25, -0.2) is 0 Å². The molecule has 1 heterocycles. The average Bonchev–Trinajstić information content (AvgIpc) is 3.14. The van der Waals surface area contributed by atoms with Crippen LogP contribution in [0.5, 0.6) is 0 Å². The quantitative estimate of drug-likeness (QED) is 0.642. The maximum absolute atomic E-state index is 12.3. The minimum Gasteiger partial charge on any atom is -0.396 e. The van der Waals surface area contributed by atoms with Crippen LogP contribution in [0.15, 0.2) is 0 Å². The highest BCUT2D eigenvalue weighted by Crippen LogP contribution is 2.79. The number of hydrogen-bond donors (Lipinski definition) is 3. The molecule has 0 aromatic carbocycles. The Hall–Kier alpha value is -0.240. The van der Waals surface area contributed by atoms with E-state index in [4.69, 9.17) is 9.47 Å². The molecule has 164 valence electrons. The molecule has 3 N–H and O–H groups in total. The molecule has 0 radical (unpaired) electrons. The van der Waals surface area contributed by atoms with Gasteiger partial charge in [-0.3, -0.25) is 4.90 Å². The van der Waals surface area contributed by atoms with Crippen molar-refractivity contribution in [2.75, 3.05) is 33.9 Å². The van der Waals surface area contributed by atoms with E-state index < -0.39 is 11.7 Å². The molecule has 0 aromatic heterocycles. The van der Waals surface area contributed by atoms with Crippen molar-refractivity contribution >= 4 is 0 Å². The zero-order chi connectivity index (χ0) is 20.3. The minimum atomic E-state index is -0.887. The van der Waals surface area contributed by atoms with Crippen LogP contribution in [-0.4, -0.2) is 84.1 Å². The van der Waals surface area contributed by atoms with Crippen molar-refractivity contribution in [1.29, 1.82) is 0 Å². The highest BCUT2D eigenvalue weighted by Gasteiger charge is 2.83. The summed E-state index contributed by atoms with van der Waals surface area (Å²) in [7, 11) is 3.58. The Balaban J connectivity index is 1.60. The minimum absolute atomic E-state index is 0.0749. The largest absolute Gasteiger partial charge is 0.396 e. The number of hydrogen-bond acceptors (Lipinski definition) is 6. The number of nitrogens with zero attached hydrogens (tertiary/aromatic N) is 1. The van der Waals surface area contributed by atoms with E-state index in [1.807, 2.05) is 7.11 Å². The summed E-state index contributed by atoms with van der Waals surface area (Å²) in [6, 6.07) is 0.273. The average molecular weight is 408 g/mol. The number of aliphatic hydroxyl groups is 3. The number of rotatable bonds is 4. The fourth-order valence-electron chi connectivity index (χ4n) is 10.4. The Labute approximate surface area is 173 Å². The molecular weight excluding hydrogens is 370 g/mol. The summed E-state index contributed by atoms with van der Waals surface area (Å²) in [6.45, 7) is 4.29. The van der Waals surface area contributed by atoms with E-state index in [0.29, 0.717) is 12.3 Å². The molecule has 0 amide bonds. The van der Waals surface area contributed by atoms with E-state index in [0.717, 1.165) is 38.8 Å². The van der Waals surface area contributed by atoms with Gasteiger partial charge in [-0.1, -0.05) is 6.92 Å². The molecule has 0 aromatic rings. The van der Waals surface area contributed by atoms with Crippen LogP contribution in [-0.2, 0) is 9.47 Å². The molecule has 1 aliphatic heterocycles. The Morgan fingerprint density at radius 3 is 2.59 bits per heavy atom. The van der Waals surface area contributed by atoms with Crippen LogP contribution >= 0.6 is 0 Å². The molecule has 6 heteroatoms. The Bertz CT molecular complexity index is 705. The first-order valence-corrected chi connectivity index (χ1v) is 11.7. The van der Waals surface area contributed by atoms with Gasteiger partial charge < -0.3 is 24.8 Å². The second-order valence-corrected chi connectivity index (χ2v) is 11.2. The van der Waals surface area contributed by atoms with Crippen molar-refractivity contribution in [3.8, 4) is 0 Å². The number of fused-ring (bicyclic) bond motifs is 2. The van der Waals surface area contributed by atoms with Crippen LogP contribution < -0.4 is 0 Å². The van der Waals surface area contributed by atoms with Gasteiger partial charge >= 0.3 is 0 Å². The third-order valence-electron chi connectivity index (χ3n) is 11.0. The van der Waals surface area contributed by atoms with Crippen molar-refractivity contribution in [2.24, 2.45) is 40.4 Å². The van der Waals surface area contributed by atoms with Crippen LogP contribution in [0.25, 0.3) is 0 Å². The fourth-order valence-corrected chi connectivity index (χ4v) is 10.4. The molecule has 1 saturated heterocycles. The number of piperidine rings is 1. The Kier molecular flexibility index (Phi) is 4.00. The zero-order valence-electron chi connectivity index (χ0n) is 18.0. The van der Waals surface area contributed by atoms with Crippen molar-refractivity contribution in [3.63, 3.8) is 0 Å². The molecular formula is C23H37NO5. The number of methoxy groups -OCH3 is 2. The van der Waals surface area contributed by atoms with E-state index >= 15 is 0 Å². The zero-order valence-corrected chi connectivity index (χ0v) is 18.0. The van der Waals surface area contributed by atoms with Crippen LogP contribution in [0.1, 0.15) is 39.0 Å². The summed E-state index contributed by atoms with van der Waals surface area (Å²) in [6.07, 6.45) is 4.02. The third-order valence-corrected chi connectivity index (χ3v) is 11.0. The molecule has 12 atom stereocenters. The lowest BCUT2D eigenvalue weighted by Gasteiger charge is -2.69. The van der Waals surface area contributed by atoms with Gasteiger partial charge in [-0.2, -0.15) is 0 Å². The predicted octanol–water partition coefficient (Wildman–Crippen LogP) is 0.877. The van der Waals surface area contributed by atoms with E-state index in [9.17, 15) is 15.3 Å². The lowest BCUT2D eigenvalue weighted by molar-refractivity contribution is -0.275. The molecule has 6 aliphatic rings. The molecule has 6 nitrogen and oxygen atoms in total. The van der Waals surface area contributed by atoms with Gasteiger partial charge in [-0.15, -0.1) is 0 Å². The standard InChI is InChI=1S/C23H37NO5/c1-4-24-10-21(11-25)6-5-17(29-3)23-13-7-12-15(28-2)9-22(27,18(13)19(12)26)14(20(23)24)8-16(21)23/h12-20,25-27H,4-11H2,1-3H3/t12?,13-,14+,15+,16-,17+,18-,19+,20-,21+,22+,23-/m1/s1. The van der Waals surface area contributed by atoms with E-state index in [2.05, 4.69) is 11.8 Å². The first-order valence-electron chi connectivity index (χ1n) is 11.7. The Morgan fingerprint density at radius 2 is 1.93 bits per heavy atom. The predicted molar refractivity (Wildman–Crippen MR) is 106 cm³/mol. The molecule has 1 unspecified atom stereocenters. The van der Waals surface area contributed by atoms with Gasteiger partial charge in [0, 0.05) is 61.8 Å². The number of aliphatic hydroxyl groups excluding tert-OH is 2. The van der Waals surface area contributed by atoms with Crippen molar-refractivity contribution in [3.05, 3.63) is 0 Å². The first kappa shape index (κ1) is 19.4. The molecule has 5 aliphatic carbocycles. The molecule has 1 spiro atoms. The van der Waals surface area contributed by atoms with Crippen LogP contribution in [0.2, 0.25) is 0 Å². The molecule has 7 bridgehead atoms. The normalized spacial score (nSPS) is 62.5. The summed E-state index contributed by atoms with van der Waals surface area (Å²) < 4.78 is 12.1. The fraction of sp³-hybridized carbons (Fsp3) is 1.00. The highest BCUT2D eigenvalue weighted by atomic mass is 16.5. The molecule has 6 rings (SSSR count). The highest BCUT2D eigenvalue weighted by molar-refractivity contribution is 5.33. The maximum atomic E-state index is 12.3. The lowest BCUT2D eigenvalue weighted by atomic mass is 9.43. The van der Waals surface area contributed by atoms with Gasteiger partial charge in [0.05, 0.1) is 30.5 Å². The van der Waals surface area contributed by atoms with E-state index in [1.54, 1.807) is 7.11 Å². The lowest BCUT2D eigenvalue weighted by Crippen LogP contribution is -2.76. The van der Waals surface area contributed by atoms with Gasteiger partial charge in [0.25, 0.3) is 0 Å². The van der Waals surface area contributed by atoms with Crippen LogP contribution in [0, 0.1) is 40.4 Å². The topological polar surface area (TPSA) is 82.4 Å². The maximum Gasteiger partial charge on any atom is 0.0771 e. The van der Waals surface area contributed by atoms with Crippen molar-refractivity contribution < 1.29 is 24.8 Å². The molecule has 29 heavy (non-hydrogen) atoms. The number of likely N-dealkylation sites (tertiary alicyclic amines) is 1. The van der Waals surface area contributed by atoms with Gasteiger partial charge in [0.1, 0.15) is 0 Å². The SMILES string of the molecule is CCN1C[C@]2(CO)CC[C@H](OC)[C@@]34[C@@H]5CC6[C@@H](OC)C[C@@](O)([C@H]5[C@H]6O)[C@@H](C[C@H]23)[C@@H]14. The molecule has 6 fully saturated rings. The van der Waals surface area contributed by atoms with E-state index in [1.165, 1.54) is 0 Å². The van der Waals surface area contributed by atoms with Crippen LogP contribution in [0.4, 0.5) is 0 Å². The van der Waals surface area contributed by atoms with Crippen molar-refractivity contribution in [2.45, 2.75) is 69.0 Å². The summed E-state index contributed by atoms with van der Waals surface area (Å²) in [5, 5.41) is 34.3. The summed E-state index contributed by atoms with van der Waals surface area (Å²) in [5.74, 6) is 0.719. The van der Waals surface area contributed by atoms with E-state index in [-0.39, 0.29) is 59.4 Å². The summed E-state index contributed by atoms with van der Waals surface area (Å²) in [5.41, 5.74) is -1.07. The Morgan fingerprint density at radius 1 is 1.14 bits per heavy atom.